The van der Waals surface area contributed by atoms with Crippen LogP contribution in [0.1, 0.15) is 18.0 Å². The predicted molar refractivity (Wildman–Crippen MR) is 57.9 cm³/mol. The number of hydrogen-bond acceptors (Lipinski definition) is 3. The van der Waals surface area contributed by atoms with Gasteiger partial charge in [0.15, 0.2) is 0 Å². The molecule has 0 aliphatic heterocycles. The van der Waals surface area contributed by atoms with Crippen LogP contribution in [-0.4, -0.2) is 7.11 Å². The maximum Gasteiger partial charge on any atom is 0.123 e. The summed E-state index contributed by atoms with van der Waals surface area (Å²) in [6, 6.07) is 7.32. The zero-order valence-electron chi connectivity index (χ0n) is 7.83. The molecule has 0 unspecified atom stereocenters. The number of benzene rings is 1. The van der Waals surface area contributed by atoms with E-state index in [-0.39, 0.29) is 12.5 Å². The van der Waals surface area contributed by atoms with Gasteiger partial charge >= 0.3 is 0 Å². The van der Waals surface area contributed by atoms with Gasteiger partial charge in [-0.05, 0) is 18.2 Å². The van der Waals surface area contributed by atoms with Crippen molar-refractivity contribution in [2.24, 2.45) is 5.73 Å². The summed E-state index contributed by atoms with van der Waals surface area (Å²) in [6.07, 6.45) is 0.285. The highest BCUT2D eigenvalue weighted by Crippen LogP contribution is 2.28. The molecule has 1 aromatic carbocycles. The first kappa shape index (κ1) is 11.0. The van der Waals surface area contributed by atoms with Crippen molar-refractivity contribution in [3.63, 3.8) is 0 Å². The van der Waals surface area contributed by atoms with Crippen LogP contribution >= 0.6 is 15.9 Å². The van der Waals surface area contributed by atoms with Gasteiger partial charge in [0.1, 0.15) is 5.75 Å². The zero-order valence-corrected chi connectivity index (χ0v) is 9.41. The summed E-state index contributed by atoms with van der Waals surface area (Å²) in [5, 5.41) is 8.55. The Labute approximate surface area is 91.6 Å². The summed E-state index contributed by atoms with van der Waals surface area (Å²) in [5.41, 5.74) is 6.68. The molecular formula is C10H11BrN2O. The van der Waals surface area contributed by atoms with Crippen LogP contribution in [0.15, 0.2) is 22.7 Å². The molecule has 14 heavy (non-hydrogen) atoms. The van der Waals surface area contributed by atoms with Crippen LogP contribution in [0.4, 0.5) is 0 Å². The van der Waals surface area contributed by atoms with Crippen LogP contribution in [0.3, 0.4) is 0 Å². The molecule has 0 saturated carbocycles. The molecule has 0 aromatic heterocycles. The molecule has 4 heteroatoms. The van der Waals surface area contributed by atoms with Gasteiger partial charge in [-0.1, -0.05) is 15.9 Å². The van der Waals surface area contributed by atoms with Crippen molar-refractivity contribution in [2.75, 3.05) is 7.11 Å². The zero-order chi connectivity index (χ0) is 10.6. The van der Waals surface area contributed by atoms with Crippen LogP contribution in [0.2, 0.25) is 0 Å². The van der Waals surface area contributed by atoms with Gasteiger partial charge in [0, 0.05) is 16.1 Å². The Morgan fingerprint density at radius 3 is 2.93 bits per heavy atom. The number of rotatable bonds is 3. The van der Waals surface area contributed by atoms with E-state index in [0.717, 1.165) is 15.8 Å². The normalized spacial score (nSPS) is 11.9. The number of nitrogens with zero attached hydrogens (tertiary/aromatic N) is 1. The van der Waals surface area contributed by atoms with E-state index in [2.05, 4.69) is 15.9 Å². The third-order valence-corrected chi connectivity index (χ3v) is 2.40. The molecule has 0 radical (unpaired) electrons. The molecule has 1 atom stereocenters. The van der Waals surface area contributed by atoms with E-state index in [0.29, 0.717) is 0 Å². The van der Waals surface area contributed by atoms with Crippen molar-refractivity contribution in [3.05, 3.63) is 28.2 Å². The Kier molecular flexibility index (Phi) is 3.93. The van der Waals surface area contributed by atoms with Crippen LogP contribution < -0.4 is 10.5 Å². The van der Waals surface area contributed by atoms with Gasteiger partial charge < -0.3 is 10.5 Å². The van der Waals surface area contributed by atoms with Crippen LogP contribution in [0.5, 0.6) is 5.75 Å². The van der Waals surface area contributed by atoms with E-state index in [4.69, 9.17) is 15.7 Å². The largest absolute Gasteiger partial charge is 0.496 e. The van der Waals surface area contributed by atoms with Gasteiger partial charge in [0.2, 0.25) is 0 Å². The Bertz CT molecular complexity index is 360. The van der Waals surface area contributed by atoms with Crippen LogP contribution in [0, 0.1) is 11.3 Å². The molecule has 0 spiro atoms. The summed E-state index contributed by atoms with van der Waals surface area (Å²) in [7, 11) is 1.59. The van der Waals surface area contributed by atoms with Crippen molar-refractivity contribution in [3.8, 4) is 11.8 Å². The van der Waals surface area contributed by atoms with Gasteiger partial charge in [-0.25, -0.2) is 0 Å². The van der Waals surface area contributed by atoms with Gasteiger partial charge in [-0.15, -0.1) is 0 Å². The number of nitrogens with two attached hydrogens (primary N) is 1. The van der Waals surface area contributed by atoms with Gasteiger partial charge in [0.25, 0.3) is 0 Å². The summed E-state index contributed by atoms with van der Waals surface area (Å²) in [6.45, 7) is 0. The predicted octanol–water partition coefficient (Wildman–Crippen LogP) is 2.37. The first-order valence-electron chi connectivity index (χ1n) is 4.15. The third-order valence-electron chi connectivity index (χ3n) is 1.90. The van der Waals surface area contributed by atoms with Gasteiger partial charge in [-0.3, -0.25) is 0 Å². The number of ether oxygens (including phenoxy) is 1. The highest BCUT2D eigenvalue weighted by molar-refractivity contribution is 9.10. The summed E-state index contributed by atoms with van der Waals surface area (Å²) < 4.78 is 6.09. The van der Waals surface area contributed by atoms with E-state index in [1.807, 2.05) is 24.3 Å². The number of halogens is 1. The molecule has 3 nitrogen and oxygen atoms in total. The third kappa shape index (κ3) is 2.47. The highest BCUT2D eigenvalue weighted by Gasteiger charge is 2.11. The first-order valence-corrected chi connectivity index (χ1v) is 4.94. The van der Waals surface area contributed by atoms with Crippen molar-refractivity contribution in [2.45, 2.75) is 12.5 Å². The minimum absolute atomic E-state index is 0.285. The molecule has 0 aliphatic rings. The molecule has 1 rings (SSSR count). The fraction of sp³-hybridized carbons (Fsp3) is 0.300. The molecule has 0 heterocycles. The van der Waals surface area contributed by atoms with Crippen molar-refractivity contribution in [1.29, 1.82) is 5.26 Å². The van der Waals surface area contributed by atoms with Crippen molar-refractivity contribution >= 4 is 15.9 Å². The standard InChI is InChI=1S/C10H11BrN2O/c1-14-10-3-2-7(11)6-8(10)9(13)4-5-12/h2-3,6,9H,4,13H2,1H3/t9-/m0/s1. The fourth-order valence-electron chi connectivity index (χ4n) is 1.20. The van der Waals surface area contributed by atoms with Gasteiger partial charge in [-0.2, -0.15) is 5.26 Å². The summed E-state index contributed by atoms with van der Waals surface area (Å²) >= 11 is 3.35. The van der Waals surface area contributed by atoms with E-state index >= 15 is 0 Å². The Balaban J connectivity index is 3.04. The van der Waals surface area contributed by atoms with E-state index in [9.17, 15) is 0 Å². The number of methoxy groups -OCH3 is 1. The SMILES string of the molecule is COc1ccc(Br)cc1[C@@H](N)CC#N. The minimum atomic E-state index is -0.299. The van der Waals surface area contributed by atoms with E-state index < -0.39 is 0 Å². The lowest BCUT2D eigenvalue weighted by molar-refractivity contribution is 0.406. The smallest absolute Gasteiger partial charge is 0.123 e. The van der Waals surface area contributed by atoms with Crippen LogP contribution in [0.25, 0.3) is 0 Å². The molecule has 74 valence electrons. The number of hydrogen-bond donors (Lipinski definition) is 1. The molecule has 0 bridgehead atoms. The van der Waals surface area contributed by atoms with E-state index in [1.54, 1.807) is 7.11 Å². The van der Waals surface area contributed by atoms with E-state index in [1.165, 1.54) is 0 Å². The fourth-order valence-corrected chi connectivity index (χ4v) is 1.58. The maximum atomic E-state index is 8.55. The summed E-state index contributed by atoms with van der Waals surface area (Å²) in [4.78, 5) is 0. The van der Waals surface area contributed by atoms with Crippen molar-refractivity contribution in [1.82, 2.24) is 0 Å². The second-order valence-electron chi connectivity index (χ2n) is 2.86. The first-order chi connectivity index (χ1) is 6.69. The second kappa shape index (κ2) is 4.99. The average Bonchev–Trinajstić information content (AvgIpc) is 2.18. The van der Waals surface area contributed by atoms with Gasteiger partial charge in [0.05, 0.1) is 19.6 Å². The monoisotopic (exact) mass is 254 g/mol. The molecule has 0 fully saturated rings. The lowest BCUT2D eigenvalue weighted by Crippen LogP contribution is -2.10. The maximum absolute atomic E-state index is 8.55. The molecule has 1 aromatic rings. The van der Waals surface area contributed by atoms with Crippen LogP contribution in [-0.2, 0) is 0 Å². The average molecular weight is 255 g/mol. The summed E-state index contributed by atoms with van der Waals surface area (Å²) in [5.74, 6) is 0.718. The molecule has 0 saturated heterocycles. The molecule has 2 N–H and O–H groups in total. The lowest BCUT2D eigenvalue weighted by Gasteiger charge is -2.13. The molecule has 0 amide bonds. The molecule has 0 aliphatic carbocycles. The number of nitriles is 1. The second-order valence-corrected chi connectivity index (χ2v) is 3.77. The lowest BCUT2D eigenvalue weighted by atomic mass is 10.0. The van der Waals surface area contributed by atoms with Crippen molar-refractivity contribution < 1.29 is 4.74 Å². The quantitative estimate of drug-likeness (QED) is 0.901. The minimum Gasteiger partial charge on any atom is -0.496 e. The molecular weight excluding hydrogens is 244 g/mol. The Hall–Kier alpha value is -1.05. The Morgan fingerprint density at radius 1 is 1.64 bits per heavy atom. The Morgan fingerprint density at radius 2 is 2.36 bits per heavy atom. The topological polar surface area (TPSA) is 59.0 Å². The highest BCUT2D eigenvalue weighted by atomic mass is 79.9.